The first-order valence-electron chi connectivity index (χ1n) is 9.57. The third-order valence-electron chi connectivity index (χ3n) is 5.11. The van der Waals surface area contributed by atoms with Crippen LogP contribution in [0.25, 0.3) is 0 Å². The number of ketones is 1. The van der Waals surface area contributed by atoms with E-state index >= 15 is 0 Å². The van der Waals surface area contributed by atoms with Crippen LogP contribution in [0, 0.1) is 18.6 Å². The lowest BCUT2D eigenvalue weighted by Gasteiger charge is -2.15. The van der Waals surface area contributed by atoms with Gasteiger partial charge in [-0.25, -0.2) is 8.78 Å². The van der Waals surface area contributed by atoms with Crippen LogP contribution < -0.4 is 5.43 Å². The number of hydrogen-bond donors (Lipinski definition) is 1. The maximum absolute atomic E-state index is 14.4. The van der Waals surface area contributed by atoms with Gasteiger partial charge in [-0.1, -0.05) is 12.6 Å². The summed E-state index contributed by atoms with van der Waals surface area (Å²) in [7, 11) is 0. The molecule has 28 heavy (non-hydrogen) atoms. The van der Waals surface area contributed by atoms with Crippen LogP contribution in [-0.2, 0) is 0 Å². The topological polar surface area (TPSA) is 44.7 Å². The second kappa shape index (κ2) is 9.06. The molecule has 0 atom stereocenters. The molecule has 2 aliphatic rings. The van der Waals surface area contributed by atoms with Crippen molar-refractivity contribution in [1.82, 2.24) is 10.3 Å². The van der Waals surface area contributed by atoms with E-state index in [-0.39, 0.29) is 11.1 Å². The monoisotopic (exact) mass is 385 g/mol. The molecule has 2 aliphatic heterocycles. The van der Waals surface area contributed by atoms with Crippen molar-refractivity contribution in [3.63, 3.8) is 0 Å². The van der Waals surface area contributed by atoms with E-state index in [1.165, 1.54) is 32.0 Å². The summed E-state index contributed by atoms with van der Waals surface area (Å²) in [6.45, 7) is 8.75. The zero-order valence-electron chi connectivity index (χ0n) is 16.1. The Labute approximate surface area is 164 Å². The van der Waals surface area contributed by atoms with Crippen LogP contribution in [0.3, 0.4) is 0 Å². The maximum atomic E-state index is 14.4. The van der Waals surface area contributed by atoms with Crippen molar-refractivity contribution in [3.8, 4) is 0 Å². The van der Waals surface area contributed by atoms with Crippen LogP contribution in [0.5, 0.6) is 0 Å². The number of Topliss-reactive ketones (excluding diaryl/α,β-unsaturated/α-hetero) is 1. The molecule has 2 heterocycles. The lowest BCUT2D eigenvalue weighted by Crippen LogP contribution is -2.20. The number of hydrazone groups is 1. The molecular formula is C22H25F2N3O. The summed E-state index contributed by atoms with van der Waals surface area (Å²) >= 11 is 0. The molecule has 4 nitrogen and oxygen atoms in total. The van der Waals surface area contributed by atoms with Crippen LogP contribution in [0.1, 0.15) is 41.6 Å². The van der Waals surface area contributed by atoms with Gasteiger partial charge in [0.1, 0.15) is 11.6 Å². The Bertz CT molecular complexity index is 865. The van der Waals surface area contributed by atoms with Crippen molar-refractivity contribution in [2.24, 2.45) is 5.10 Å². The fourth-order valence-electron chi connectivity index (χ4n) is 3.51. The van der Waals surface area contributed by atoms with Crippen LogP contribution >= 0.6 is 0 Å². The molecule has 0 radical (unpaired) electrons. The highest BCUT2D eigenvalue weighted by Gasteiger charge is 2.24. The highest BCUT2D eigenvalue weighted by molar-refractivity contribution is 6.12. The van der Waals surface area contributed by atoms with Gasteiger partial charge in [0.05, 0.1) is 11.8 Å². The molecule has 1 aromatic carbocycles. The van der Waals surface area contributed by atoms with E-state index in [4.69, 9.17) is 0 Å². The Morgan fingerprint density at radius 3 is 2.79 bits per heavy atom. The maximum Gasteiger partial charge on any atom is 0.201 e. The number of nitrogens with one attached hydrogen (secondary N) is 1. The van der Waals surface area contributed by atoms with E-state index in [9.17, 15) is 13.6 Å². The van der Waals surface area contributed by atoms with Crippen molar-refractivity contribution in [2.45, 2.75) is 32.6 Å². The fraction of sp³-hybridized carbons (Fsp3) is 0.364. The molecule has 0 amide bonds. The summed E-state index contributed by atoms with van der Waals surface area (Å²) in [4.78, 5) is 15.3. The second-order valence-corrected chi connectivity index (χ2v) is 7.22. The number of likely N-dealkylation sites (tertiary alicyclic amines) is 1. The van der Waals surface area contributed by atoms with Gasteiger partial charge in [0.15, 0.2) is 0 Å². The Balaban J connectivity index is 1.75. The van der Waals surface area contributed by atoms with E-state index in [1.54, 1.807) is 12.3 Å². The van der Waals surface area contributed by atoms with Crippen molar-refractivity contribution < 1.29 is 13.6 Å². The molecule has 1 fully saturated rings. The number of carbonyl (C=O) groups excluding carboxylic acids is 1. The van der Waals surface area contributed by atoms with Gasteiger partial charge in [-0.3, -0.25) is 10.2 Å². The van der Waals surface area contributed by atoms with E-state index in [2.05, 4.69) is 22.0 Å². The first-order chi connectivity index (χ1) is 13.5. The SMILES string of the molecule is C=C1/C=C(CCCN2CCCC2)\C=N/N/C=C\1C(=O)c1c(F)ccc(C)c1F. The highest BCUT2D eigenvalue weighted by atomic mass is 19.1. The number of nitrogens with zero attached hydrogens (tertiary/aromatic N) is 2. The minimum absolute atomic E-state index is 0.0947. The Morgan fingerprint density at radius 1 is 1.29 bits per heavy atom. The predicted molar refractivity (Wildman–Crippen MR) is 107 cm³/mol. The average molecular weight is 385 g/mol. The molecule has 0 saturated carbocycles. The number of aryl methyl sites for hydroxylation is 1. The number of allylic oxidation sites excluding steroid dienone is 4. The normalized spacial score (nSPS) is 22.5. The first-order valence-corrected chi connectivity index (χ1v) is 9.57. The highest BCUT2D eigenvalue weighted by Crippen LogP contribution is 2.24. The molecule has 0 aliphatic carbocycles. The molecular weight excluding hydrogens is 360 g/mol. The first kappa shape index (κ1) is 20.1. The average Bonchev–Trinajstić information content (AvgIpc) is 3.16. The van der Waals surface area contributed by atoms with Gasteiger partial charge in [0, 0.05) is 11.8 Å². The summed E-state index contributed by atoms with van der Waals surface area (Å²) in [5.41, 5.74) is 3.72. The molecule has 0 bridgehead atoms. The summed E-state index contributed by atoms with van der Waals surface area (Å²) in [6, 6.07) is 2.41. The Morgan fingerprint density at radius 2 is 2.04 bits per heavy atom. The summed E-state index contributed by atoms with van der Waals surface area (Å²) in [6.07, 6.45) is 9.07. The van der Waals surface area contributed by atoms with E-state index in [1.807, 2.05) is 0 Å². The van der Waals surface area contributed by atoms with Crippen LogP contribution in [-0.4, -0.2) is 36.5 Å². The molecule has 1 N–H and O–H groups in total. The van der Waals surface area contributed by atoms with Crippen LogP contribution in [0.2, 0.25) is 0 Å². The third kappa shape index (κ3) is 4.62. The number of carbonyl (C=O) groups is 1. The fourth-order valence-corrected chi connectivity index (χ4v) is 3.51. The minimum Gasteiger partial charge on any atom is -0.303 e. The summed E-state index contributed by atoms with van der Waals surface area (Å²) in [5, 5.41) is 4.07. The lowest BCUT2D eigenvalue weighted by molar-refractivity contribution is 0.102. The van der Waals surface area contributed by atoms with E-state index < -0.39 is 23.0 Å². The molecule has 1 saturated heterocycles. The van der Waals surface area contributed by atoms with E-state index in [0.717, 1.165) is 44.1 Å². The number of benzene rings is 1. The summed E-state index contributed by atoms with van der Waals surface area (Å²) in [5.74, 6) is -2.48. The molecule has 3 rings (SSSR count). The van der Waals surface area contributed by atoms with Gasteiger partial charge in [0.25, 0.3) is 0 Å². The van der Waals surface area contributed by atoms with Gasteiger partial charge in [-0.05, 0) is 81.1 Å². The van der Waals surface area contributed by atoms with Crippen molar-refractivity contribution in [3.05, 3.63) is 70.5 Å². The number of halogens is 2. The molecule has 6 heteroatoms. The van der Waals surface area contributed by atoms with Gasteiger partial charge >= 0.3 is 0 Å². The van der Waals surface area contributed by atoms with Crippen molar-refractivity contribution in [1.29, 1.82) is 0 Å². The predicted octanol–water partition coefficient (Wildman–Crippen LogP) is 4.29. The number of hydrogen-bond acceptors (Lipinski definition) is 4. The van der Waals surface area contributed by atoms with Gasteiger partial charge in [-0.15, -0.1) is 0 Å². The quantitative estimate of drug-likeness (QED) is 0.743. The zero-order valence-corrected chi connectivity index (χ0v) is 16.1. The van der Waals surface area contributed by atoms with Crippen LogP contribution in [0.4, 0.5) is 8.78 Å². The van der Waals surface area contributed by atoms with Gasteiger partial charge in [-0.2, -0.15) is 5.10 Å². The van der Waals surface area contributed by atoms with Crippen molar-refractivity contribution in [2.75, 3.05) is 19.6 Å². The second-order valence-electron chi connectivity index (χ2n) is 7.22. The minimum atomic E-state index is -0.887. The third-order valence-corrected chi connectivity index (χ3v) is 5.11. The largest absolute Gasteiger partial charge is 0.303 e. The van der Waals surface area contributed by atoms with E-state index in [0.29, 0.717) is 5.57 Å². The van der Waals surface area contributed by atoms with Crippen LogP contribution in [0.15, 0.2) is 52.8 Å². The molecule has 0 spiro atoms. The summed E-state index contributed by atoms with van der Waals surface area (Å²) < 4.78 is 28.5. The lowest BCUT2D eigenvalue weighted by atomic mass is 9.94. The smallest absolute Gasteiger partial charge is 0.201 e. The zero-order chi connectivity index (χ0) is 20.1. The molecule has 0 unspecified atom stereocenters. The molecule has 0 aromatic heterocycles. The Kier molecular flexibility index (Phi) is 6.52. The standard InChI is InChI=1S/C22H25F2N3O/c1-15-7-8-19(23)20(21(15)24)22(28)18-14-26-25-13-17(12-16(18)2)6-5-11-27-9-3-4-10-27/h7-8,12-14,26H,2-6,9-11H2,1H3/b17-12-,18-14+,25-13-. The number of rotatable bonds is 6. The van der Waals surface area contributed by atoms with Crippen molar-refractivity contribution >= 4 is 12.0 Å². The van der Waals surface area contributed by atoms with Gasteiger partial charge in [0.2, 0.25) is 5.78 Å². The molecule has 148 valence electrons. The Hall–Kier alpha value is -2.60. The van der Waals surface area contributed by atoms with Gasteiger partial charge < -0.3 is 4.90 Å². The molecule has 1 aromatic rings.